The first-order valence-electron chi connectivity index (χ1n) is 14.4. The van der Waals surface area contributed by atoms with E-state index in [9.17, 15) is 33.9 Å². The predicted molar refractivity (Wildman–Crippen MR) is 157 cm³/mol. The average Bonchev–Trinajstić information content (AvgIpc) is 3.79. The van der Waals surface area contributed by atoms with Crippen LogP contribution in [0, 0.1) is 5.92 Å². The number of fused-ring (bicyclic) bond motifs is 5. The molecular weight excluding hydrogens is 686 g/mol. The van der Waals surface area contributed by atoms with Gasteiger partial charge < -0.3 is 40.9 Å². The van der Waals surface area contributed by atoms with Crippen molar-refractivity contribution >= 4 is 49.7 Å². The summed E-state index contributed by atoms with van der Waals surface area (Å²) in [4.78, 5) is 56.8. The second-order valence-electron chi connectivity index (χ2n) is 11.2. The van der Waals surface area contributed by atoms with E-state index in [0.717, 1.165) is 6.33 Å². The molecule has 3 saturated heterocycles. The van der Waals surface area contributed by atoms with Gasteiger partial charge in [0.15, 0.2) is 35.1 Å². The number of ether oxygens (including phenoxy) is 2. The van der Waals surface area contributed by atoms with Gasteiger partial charge in [-0.05, 0) is 12.8 Å². The number of H-pyrrole nitrogens is 1. The molecule has 25 heteroatoms. The summed E-state index contributed by atoms with van der Waals surface area (Å²) >= 11 is 0. The standard InChI is InChI=1S/C23H30N10O13P2/c24-17-12-18(27-6-26-17)32(7-28-12)21-14(35)16-11(44-21)5-42-47(37,38)45-15-9(2-1-3-34)10(4-41-48(39,40)46-16)43-22(15)33-8-29-13-19(33)30-23(25)31-20(13)36/h6-11,14-16,21-22,34-35H,1-5H2,(H,37,38)(H,39,40)(H2,24,26,27)(H3,25,30,31,36)/t9?,10-,11-,14?,15+,16+,21-,22-/m1/s1. The molecule has 0 saturated carbocycles. The van der Waals surface area contributed by atoms with Crippen LogP contribution in [0.5, 0.6) is 0 Å². The van der Waals surface area contributed by atoms with Crippen LogP contribution in [0.4, 0.5) is 11.8 Å². The van der Waals surface area contributed by atoms with Gasteiger partial charge in [0.2, 0.25) is 5.95 Å². The topological polar surface area (TPSA) is 330 Å². The Hall–Kier alpha value is -3.44. The molecule has 0 aromatic carbocycles. The number of nitrogen functional groups attached to an aromatic ring is 2. The number of rotatable bonds is 5. The van der Waals surface area contributed by atoms with E-state index in [1.165, 1.54) is 21.8 Å². The molecule has 7 heterocycles. The monoisotopic (exact) mass is 716 g/mol. The summed E-state index contributed by atoms with van der Waals surface area (Å²) < 4.78 is 63.1. The first-order valence-corrected chi connectivity index (χ1v) is 17.4. The molecule has 3 aliphatic rings. The summed E-state index contributed by atoms with van der Waals surface area (Å²) in [6, 6.07) is 0. The number of phosphoric ester groups is 2. The van der Waals surface area contributed by atoms with E-state index in [2.05, 4.69) is 29.9 Å². The third-order valence-electron chi connectivity index (χ3n) is 8.20. The number of aromatic nitrogens is 8. The molecular formula is C23H30N10O13P2. The smallest absolute Gasteiger partial charge is 0.396 e. The predicted octanol–water partition coefficient (Wildman–Crippen LogP) is -1.31. The number of aromatic amines is 1. The van der Waals surface area contributed by atoms with Crippen LogP contribution in [0.25, 0.3) is 22.3 Å². The number of nitrogens with two attached hydrogens (primary N) is 2. The van der Waals surface area contributed by atoms with Gasteiger partial charge >= 0.3 is 15.6 Å². The fraction of sp³-hybridized carbons (Fsp3) is 0.565. The van der Waals surface area contributed by atoms with Crippen molar-refractivity contribution in [3.05, 3.63) is 29.3 Å². The molecule has 0 radical (unpaired) electrons. The molecule has 48 heavy (non-hydrogen) atoms. The summed E-state index contributed by atoms with van der Waals surface area (Å²) in [6.45, 7) is -1.69. The van der Waals surface area contributed by atoms with Crippen molar-refractivity contribution in [3.8, 4) is 0 Å². The highest BCUT2D eigenvalue weighted by atomic mass is 31.2. The highest BCUT2D eigenvalue weighted by Crippen LogP contribution is 2.55. The van der Waals surface area contributed by atoms with Crippen LogP contribution in [0.2, 0.25) is 0 Å². The van der Waals surface area contributed by atoms with Gasteiger partial charge in [0.25, 0.3) is 5.56 Å². The quantitative estimate of drug-likeness (QED) is 0.118. The number of nitrogens with one attached hydrogen (secondary N) is 1. The van der Waals surface area contributed by atoms with E-state index in [4.69, 9.17) is 39.0 Å². The molecule has 10 atom stereocenters. The van der Waals surface area contributed by atoms with E-state index >= 15 is 0 Å². The lowest BCUT2D eigenvalue weighted by molar-refractivity contribution is -0.0671. The number of phosphoric acid groups is 2. The summed E-state index contributed by atoms with van der Waals surface area (Å²) in [5.74, 6) is -1.06. The molecule has 4 aromatic heterocycles. The summed E-state index contributed by atoms with van der Waals surface area (Å²) in [5, 5.41) is 20.8. The Balaban J connectivity index is 1.23. The Morgan fingerprint density at radius 2 is 1.54 bits per heavy atom. The van der Waals surface area contributed by atoms with Crippen LogP contribution in [-0.2, 0) is 36.7 Å². The van der Waals surface area contributed by atoms with Gasteiger partial charge in [0.1, 0.15) is 36.3 Å². The normalized spacial score (nSPS) is 36.1. The Morgan fingerprint density at radius 1 is 0.896 bits per heavy atom. The second kappa shape index (κ2) is 12.5. The summed E-state index contributed by atoms with van der Waals surface area (Å²) in [5.41, 5.74) is 11.1. The first kappa shape index (κ1) is 33.1. The molecule has 7 rings (SSSR count). The van der Waals surface area contributed by atoms with E-state index < -0.39 is 83.3 Å². The highest BCUT2D eigenvalue weighted by Gasteiger charge is 2.54. The summed E-state index contributed by atoms with van der Waals surface area (Å²) in [6.07, 6.45) is -6.05. The Morgan fingerprint density at radius 3 is 2.27 bits per heavy atom. The maximum atomic E-state index is 13.5. The Bertz CT molecular complexity index is 1990. The van der Waals surface area contributed by atoms with Crippen molar-refractivity contribution in [2.75, 3.05) is 31.3 Å². The molecule has 0 spiro atoms. The van der Waals surface area contributed by atoms with E-state index in [-0.39, 0.29) is 53.5 Å². The minimum atomic E-state index is -5.05. The number of aliphatic hydroxyl groups is 2. The summed E-state index contributed by atoms with van der Waals surface area (Å²) in [7, 11) is -10.1. The lowest BCUT2D eigenvalue weighted by atomic mass is 9.93. The minimum Gasteiger partial charge on any atom is -0.396 e. The molecule has 3 fully saturated rings. The van der Waals surface area contributed by atoms with Gasteiger partial charge in [-0.25, -0.2) is 29.1 Å². The highest BCUT2D eigenvalue weighted by molar-refractivity contribution is 7.47. The number of aliphatic hydroxyl groups excluding tert-OH is 2. The van der Waals surface area contributed by atoms with Crippen molar-refractivity contribution in [2.24, 2.45) is 5.92 Å². The molecule has 0 aliphatic carbocycles. The number of hydrogen-bond donors (Lipinski definition) is 7. The average molecular weight is 716 g/mol. The van der Waals surface area contributed by atoms with Crippen LogP contribution < -0.4 is 17.0 Å². The lowest BCUT2D eigenvalue weighted by Gasteiger charge is -2.27. The van der Waals surface area contributed by atoms with Gasteiger partial charge in [-0.3, -0.25) is 37.0 Å². The number of hydrogen-bond acceptors (Lipinski definition) is 18. The molecule has 9 N–H and O–H groups in total. The zero-order chi connectivity index (χ0) is 34.0. The fourth-order valence-corrected chi connectivity index (χ4v) is 8.01. The minimum absolute atomic E-state index is 0.0437. The molecule has 3 aliphatic heterocycles. The van der Waals surface area contributed by atoms with Crippen molar-refractivity contribution < 1.29 is 56.7 Å². The molecule has 0 amide bonds. The molecule has 4 aromatic rings. The van der Waals surface area contributed by atoms with E-state index in [1.54, 1.807) is 0 Å². The maximum Gasteiger partial charge on any atom is 0.472 e. The number of anilines is 2. The SMILES string of the molecule is Nc1nc2c(ncn2[C@@H]2O[C@@H]3COP(=O)(O)O[C@@H]4C(O)[C@H](n5cnc6c(N)ncnc65)O[C@@H]4COP(=O)(O)O[C@H]2C3CCCO)c(=O)[nH]1. The van der Waals surface area contributed by atoms with Gasteiger partial charge in [-0.1, -0.05) is 0 Å². The molecule has 260 valence electrons. The van der Waals surface area contributed by atoms with Crippen LogP contribution in [0.3, 0.4) is 0 Å². The number of imidazole rings is 2. The molecule has 2 bridgehead atoms. The zero-order valence-corrected chi connectivity index (χ0v) is 26.3. The van der Waals surface area contributed by atoms with Crippen molar-refractivity contribution in [1.82, 2.24) is 39.0 Å². The Labute approximate surface area is 268 Å². The molecule has 4 unspecified atom stereocenters. The van der Waals surface area contributed by atoms with E-state index in [1.807, 2.05) is 0 Å². The van der Waals surface area contributed by atoms with E-state index in [0.29, 0.717) is 0 Å². The van der Waals surface area contributed by atoms with Crippen molar-refractivity contribution in [1.29, 1.82) is 0 Å². The lowest BCUT2D eigenvalue weighted by Crippen LogP contribution is -2.36. The van der Waals surface area contributed by atoms with Crippen molar-refractivity contribution in [2.45, 2.75) is 55.8 Å². The maximum absolute atomic E-state index is 13.5. The van der Waals surface area contributed by atoms with Gasteiger partial charge in [-0.2, -0.15) is 4.98 Å². The van der Waals surface area contributed by atoms with Crippen LogP contribution in [0.15, 0.2) is 23.8 Å². The van der Waals surface area contributed by atoms with Gasteiger partial charge in [-0.15, -0.1) is 0 Å². The second-order valence-corrected chi connectivity index (χ2v) is 14.0. The van der Waals surface area contributed by atoms with Crippen LogP contribution in [0.1, 0.15) is 25.3 Å². The first-order chi connectivity index (χ1) is 22.9. The third kappa shape index (κ3) is 6.01. The largest absolute Gasteiger partial charge is 0.472 e. The van der Waals surface area contributed by atoms with Gasteiger partial charge in [0, 0.05) is 12.5 Å². The van der Waals surface area contributed by atoms with Gasteiger partial charge in [0.05, 0.1) is 32.0 Å². The van der Waals surface area contributed by atoms with Crippen LogP contribution >= 0.6 is 15.6 Å². The fourth-order valence-electron chi connectivity index (χ4n) is 6.08. The Kier molecular flexibility index (Phi) is 8.59. The van der Waals surface area contributed by atoms with Crippen molar-refractivity contribution in [3.63, 3.8) is 0 Å². The zero-order valence-electron chi connectivity index (χ0n) is 24.5. The van der Waals surface area contributed by atoms with Crippen LogP contribution in [-0.4, -0.2) is 109 Å². The third-order valence-corrected chi connectivity index (χ3v) is 10.2. The number of nitrogens with zero attached hydrogens (tertiary/aromatic N) is 7. The molecule has 23 nitrogen and oxygen atoms in total.